The average molecular weight is 495 g/mol. The van der Waals surface area contributed by atoms with E-state index >= 15 is 0 Å². The highest BCUT2D eigenvalue weighted by Crippen LogP contribution is 2.59. The Kier molecular flexibility index (Phi) is 8.83. The zero-order chi connectivity index (χ0) is 25.9. The van der Waals surface area contributed by atoms with Gasteiger partial charge >= 0.3 is 0 Å². The largest absolute Gasteiger partial charge is 0.393 e. The van der Waals surface area contributed by atoms with Crippen LogP contribution in [0.3, 0.4) is 0 Å². The molecule has 2 N–H and O–H groups in total. The van der Waals surface area contributed by atoms with Crippen LogP contribution in [0.4, 0.5) is 0 Å². The number of aliphatic hydroxyl groups is 2. The fourth-order valence-electron chi connectivity index (χ4n) is 7.80. The van der Waals surface area contributed by atoms with Gasteiger partial charge in [0.25, 0.3) is 0 Å². The summed E-state index contributed by atoms with van der Waals surface area (Å²) in [5, 5.41) is 21.1. The Morgan fingerprint density at radius 3 is 2.61 bits per heavy atom. The zero-order valence-corrected chi connectivity index (χ0v) is 23.1. The molecule has 4 aliphatic rings. The number of Topliss-reactive ketones (excluding diaryl/α,β-unsaturated/α-hetero) is 1. The van der Waals surface area contributed by atoms with Crippen molar-refractivity contribution in [2.75, 3.05) is 0 Å². The normalized spacial score (nSPS) is 35.8. The van der Waals surface area contributed by atoms with Gasteiger partial charge in [0.15, 0.2) is 0 Å². The monoisotopic (exact) mass is 494 g/mol. The second-order valence-corrected chi connectivity index (χ2v) is 12.8. The van der Waals surface area contributed by atoms with Gasteiger partial charge in [-0.3, -0.25) is 4.79 Å². The Bertz CT molecular complexity index is 904. The maximum Gasteiger partial charge on any atom is 0.141 e. The van der Waals surface area contributed by atoms with Crippen molar-refractivity contribution in [2.45, 2.75) is 123 Å². The highest BCUT2D eigenvalue weighted by molar-refractivity contribution is 5.88. The lowest BCUT2D eigenvalue weighted by molar-refractivity contribution is -0.127. The molecule has 0 bridgehead atoms. The minimum atomic E-state index is -0.633. The second kappa shape index (κ2) is 11.5. The van der Waals surface area contributed by atoms with E-state index in [4.69, 9.17) is 0 Å². The summed E-state index contributed by atoms with van der Waals surface area (Å²) < 4.78 is 0. The number of unbranched alkanes of at least 4 members (excludes halogenated alkanes) is 2. The molecule has 0 aromatic heterocycles. The highest BCUT2D eigenvalue weighted by atomic mass is 16.3. The number of carbonyl (C=O) groups excluding carboxylic acids is 1. The van der Waals surface area contributed by atoms with Gasteiger partial charge in [-0.2, -0.15) is 0 Å². The molecule has 4 fully saturated rings. The summed E-state index contributed by atoms with van der Waals surface area (Å²) in [6, 6.07) is 0. The van der Waals surface area contributed by atoms with E-state index in [2.05, 4.69) is 45.6 Å². The first-order valence-corrected chi connectivity index (χ1v) is 14.9. The molecule has 0 saturated heterocycles. The van der Waals surface area contributed by atoms with E-state index in [0.717, 1.165) is 51.4 Å². The zero-order valence-electron chi connectivity index (χ0n) is 23.1. The van der Waals surface area contributed by atoms with Gasteiger partial charge in [0.1, 0.15) is 5.78 Å². The number of hydrogen-bond acceptors (Lipinski definition) is 3. The van der Waals surface area contributed by atoms with Crippen molar-refractivity contribution >= 4 is 5.78 Å². The van der Waals surface area contributed by atoms with Crippen LogP contribution in [-0.4, -0.2) is 28.2 Å². The minimum absolute atomic E-state index is 0.225. The van der Waals surface area contributed by atoms with Crippen molar-refractivity contribution in [2.24, 2.45) is 28.6 Å². The first-order chi connectivity index (χ1) is 17.2. The lowest BCUT2D eigenvalue weighted by Gasteiger charge is -2.44. The molecule has 0 unspecified atom stereocenters. The lowest BCUT2D eigenvalue weighted by Crippen LogP contribution is -2.35. The van der Waals surface area contributed by atoms with Gasteiger partial charge in [0.05, 0.1) is 17.6 Å². The summed E-state index contributed by atoms with van der Waals surface area (Å²) in [7, 11) is 0. The maximum absolute atomic E-state index is 12.8. The van der Waals surface area contributed by atoms with E-state index in [0.29, 0.717) is 24.2 Å². The standard InChI is InChI=1S/C33H50O3/c1-5-6-7-10-30(35)33(20-21-33)31(36)18-12-24(3)28-16-17-29-25(9-8-19-32(28,29)4)13-14-26-22-27(34)15-11-23(26)2/h12-14,18,24,27-29,31,34,36H,2,5-11,15-17,19-22H2,1,3-4H3/t24-,27+,28-,29+,31-,32-/m1/s1. The minimum Gasteiger partial charge on any atom is -0.393 e. The summed E-state index contributed by atoms with van der Waals surface area (Å²) in [4.78, 5) is 12.8. The Morgan fingerprint density at radius 2 is 1.89 bits per heavy atom. The SMILES string of the molecule is C=C1CC[C@H](O)CC1=CC=C1CCC[C@]2(C)[C@@H]([C@H](C)C=C[C@@H](O)C3(C(=O)CCCCC)CC3)CC[C@@H]12. The quantitative estimate of drug-likeness (QED) is 0.242. The van der Waals surface area contributed by atoms with Crippen molar-refractivity contribution in [3.63, 3.8) is 0 Å². The Hall–Kier alpha value is -1.45. The first-order valence-electron chi connectivity index (χ1n) is 14.9. The predicted molar refractivity (Wildman–Crippen MR) is 148 cm³/mol. The summed E-state index contributed by atoms with van der Waals surface area (Å²) in [6.07, 6.45) is 22.0. The number of aliphatic hydroxyl groups excluding tert-OH is 2. The van der Waals surface area contributed by atoms with Crippen molar-refractivity contribution in [3.05, 3.63) is 47.6 Å². The average Bonchev–Trinajstić information content (AvgIpc) is 3.59. The van der Waals surface area contributed by atoms with Gasteiger partial charge in [0, 0.05) is 6.42 Å². The molecule has 36 heavy (non-hydrogen) atoms. The molecule has 0 radical (unpaired) electrons. The van der Waals surface area contributed by atoms with Gasteiger partial charge in [-0.25, -0.2) is 0 Å². The van der Waals surface area contributed by atoms with Gasteiger partial charge in [0.2, 0.25) is 0 Å². The van der Waals surface area contributed by atoms with Crippen LogP contribution in [0.25, 0.3) is 0 Å². The van der Waals surface area contributed by atoms with E-state index in [-0.39, 0.29) is 17.3 Å². The first kappa shape index (κ1) is 27.6. The molecule has 4 saturated carbocycles. The molecule has 0 aromatic carbocycles. The fraction of sp³-hybridized carbons (Fsp3) is 0.727. The molecule has 0 aromatic rings. The van der Waals surface area contributed by atoms with Crippen LogP contribution in [-0.2, 0) is 4.79 Å². The van der Waals surface area contributed by atoms with Gasteiger partial charge in [-0.15, -0.1) is 0 Å². The molecule has 3 heteroatoms. The van der Waals surface area contributed by atoms with E-state index in [1.165, 1.54) is 43.3 Å². The molecule has 0 heterocycles. The molecular weight excluding hydrogens is 444 g/mol. The van der Waals surface area contributed by atoms with Crippen molar-refractivity contribution < 1.29 is 15.0 Å². The summed E-state index contributed by atoms with van der Waals surface area (Å²) in [5.74, 6) is 1.89. The van der Waals surface area contributed by atoms with E-state index < -0.39 is 11.5 Å². The number of hydrogen-bond donors (Lipinski definition) is 2. The predicted octanol–water partition coefficient (Wildman–Crippen LogP) is 7.64. The molecule has 3 nitrogen and oxygen atoms in total. The summed E-state index contributed by atoms with van der Waals surface area (Å²) in [6.45, 7) is 11.2. The van der Waals surface area contributed by atoms with Crippen LogP contribution in [0, 0.1) is 28.6 Å². The van der Waals surface area contributed by atoms with E-state index in [9.17, 15) is 15.0 Å². The topological polar surface area (TPSA) is 57.5 Å². The molecular formula is C33H50O3. The van der Waals surface area contributed by atoms with Crippen LogP contribution in [0.2, 0.25) is 0 Å². The summed E-state index contributed by atoms with van der Waals surface area (Å²) in [5.41, 5.74) is 3.80. The van der Waals surface area contributed by atoms with E-state index in [1.807, 2.05) is 6.08 Å². The number of allylic oxidation sites excluding steroid dienone is 5. The van der Waals surface area contributed by atoms with E-state index in [1.54, 1.807) is 5.57 Å². The molecule has 0 spiro atoms. The third-order valence-corrected chi connectivity index (χ3v) is 10.4. The van der Waals surface area contributed by atoms with Crippen LogP contribution in [0.1, 0.15) is 111 Å². The van der Waals surface area contributed by atoms with Crippen molar-refractivity contribution in [1.82, 2.24) is 0 Å². The number of rotatable bonds is 10. The molecule has 4 rings (SSSR count). The van der Waals surface area contributed by atoms with Crippen molar-refractivity contribution in [1.29, 1.82) is 0 Å². The van der Waals surface area contributed by atoms with Crippen molar-refractivity contribution in [3.8, 4) is 0 Å². The lowest BCUT2D eigenvalue weighted by atomic mass is 9.61. The Balaban J connectivity index is 1.41. The maximum atomic E-state index is 12.8. The van der Waals surface area contributed by atoms with Crippen LogP contribution in [0.5, 0.6) is 0 Å². The summed E-state index contributed by atoms with van der Waals surface area (Å²) >= 11 is 0. The smallest absolute Gasteiger partial charge is 0.141 e. The molecule has 0 amide bonds. The number of ketones is 1. The Labute approximate surface area is 219 Å². The van der Waals surface area contributed by atoms with Crippen LogP contribution >= 0.6 is 0 Å². The van der Waals surface area contributed by atoms with Crippen LogP contribution in [0.15, 0.2) is 47.6 Å². The number of carbonyl (C=O) groups is 1. The molecule has 0 aliphatic heterocycles. The third kappa shape index (κ3) is 5.68. The number of fused-ring (bicyclic) bond motifs is 1. The van der Waals surface area contributed by atoms with Gasteiger partial charge < -0.3 is 10.2 Å². The molecule has 4 aliphatic carbocycles. The second-order valence-electron chi connectivity index (χ2n) is 12.8. The fourth-order valence-corrected chi connectivity index (χ4v) is 7.80. The van der Waals surface area contributed by atoms with Gasteiger partial charge in [-0.05, 0) is 99.4 Å². The highest BCUT2D eigenvalue weighted by Gasteiger charge is 2.54. The third-order valence-electron chi connectivity index (χ3n) is 10.4. The van der Waals surface area contributed by atoms with Gasteiger partial charge in [-0.1, -0.05) is 75.6 Å². The molecule has 200 valence electrons. The molecule has 6 atom stereocenters. The van der Waals surface area contributed by atoms with Crippen LogP contribution < -0.4 is 0 Å². The Morgan fingerprint density at radius 1 is 1.11 bits per heavy atom.